The molecule has 7 atom stereocenters. The van der Waals surface area contributed by atoms with Gasteiger partial charge < -0.3 is 4.74 Å². The fourth-order valence-electron chi connectivity index (χ4n) is 7.78. The highest BCUT2D eigenvalue weighted by Crippen LogP contribution is 2.65. The van der Waals surface area contributed by atoms with Gasteiger partial charge in [0, 0.05) is 6.42 Å². The van der Waals surface area contributed by atoms with E-state index in [-0.39, 0.29) is 21.5 Å². The van der Waals surface area contributed by atoms with Gasteiger partial charge in [0.15, 0.2) is 16.8 Å². The van der Waals surface area contributed by atoms with Gasteiger partial charge in [0.1, 0.15) is 5.75 Å². The minimum Gasteiger partial charge on any atom is -0.406 e. The summed E-state index contributed by atoms with van der Waals surface area (Å²) in [6.07, 6.45) is 11.7. The van der Waals surface area contributed by atoms with E-state index in [0.717, 1.165) is 50.7 Å². The zero-order valence-corrected chi connectivity index (χ0v) is 24.9. The molecule has 0 aromatic heterocycles. The molecule has 1 aromatic carbocycles. The summed E-state index contributed by atoms with van der Waals surface area (Å²) < 4.78 is 55.6. The quantitative estimate of drug-likeness (QED) is 0.346. The number of carbonyl (C=O) groups excluding carboxylic acids is 2. The number of halogens is 3. The van der Waals surface area contributed by atoms with E-state index < -0.39 is 29.0 Å². The molecule has 5 nitrogen and oxygen atoms in total. The number of rotatable bonds is 6. The van der Waals surface area contributed by atoms with E-state index in [9.17, 15) is 27.0 Å². The summed E-state index contributed by atoms with van der Waals surface area (Å²) in [7, 11) is -1.90. The Morgan fingerprint density at radius 1 is 1.10 bits per heavy atom. The molecule has 9 heteroatoms. The molecule has 0 heterocycles. The summed E-state index contributed by atoms with van der Waals surface area (Å²) in [5.41, 5.74) is 1.46. The van der Waals surface area contributed by atoms with E-state index in [1.54, 1.807) is 0 Å². The van der Waals surface area contributed by atoms with Gasteiger partial charge in [-0.1, -0.05) is 45.9 Å². The fourth-order valence-corrected chi connectivity index (χ4v) is 8.53. The Kier molecular flexibility index (Phi) is 9.36. The number of ether oxygens (including phenoxy) is 1. The molecule has 4 aliphatic carbocycles. The molecule has 0 bridgehead atoms. The summed E-state index contributed by atoms with van der Waals surface area (Å²) >= 11 is 0. The van der Waals surface area contributed by atoms with Gasteiger partial charge in [-0.2, -0.15) is 0 Å². The van der Waals surface area contributed by atoms with Crippen molar-refractivity contribution in [3.05, 3.63) is 60.2 Å². The van der Waals surface area contributed by atoms with Gasteiger partial charge in [0.2, 0.25) is 0 Å². The van der Waals surface area contributed by atoms with Crippen molar-refractivity contribution in [3.63, 3.8) is 0 Å². The molecule has 0 aliphatic heterocycles. The summed E-state index contributed by atoms with van der Waals surface area (Å²) in [4.78, 5) is 24.6. The highest BCUT2D eigenvalue weighted by Gasteiger charge is 2.57. The van der Waals surface area contributed by atoms with E-state index >= 15 is 0 Å². The van der Waals surface area contributed by atoms with Gasteiger partial charge in [0.05, 0.1) is 4.90 Å². The maximum Gasteiger partial charge on any atom is 0.573 e. The van der Waals surface area contributed by atoms with Gasteiger partial charge in [-0.15, -0.1) is 13.2 Å². The number of amides is 1. The van der Waals surface area contributed by atoms with E-state index in [0.29, 0.717) is 30.1 Å². The standard InChI is InChI=1S/C30H34F3NO4S.C2H6/c1-28-17-15-26-24(12-6-20-18-21(35)14-16-29(20,26)2)25(28)13-7-19(28)4-3-5-27(36)34-39(37)23-10-8-22(9-11-23)38-30(31,32)33;1-2/h3,5-6,8-12,18-19,24-26H,4,7,13-17H2,1-2H3,(H,34,36);1-2H3/b5-3+;. The molecular weight excluding hydrogens is 551 g/mol. The van der Waals surface area contributed by atoms with Crippen LogP contribution in [0.2, 0.25) is 0 Å². The lowest BCUT2D eigenvalue weighted by molar-refractivity contribution is -0.274. The Balaban J connectivity index is 0.00000189. The van der Waals surface area contributed by atoms with Gasteiger partial charge >= 0.3 is 6.36 Å². The number of hydrogen-bond donors (Lipinski definition) is 1. The zero-order valence-electron chi connectivity index (χ0n) is 24.1. The number of benzene rings is 1. The highest BCUT2D eigenvalue weighted by atomic mass is 32.2. The Hall–Kier alpha value is -2.68. The Morgan fingerprint density at radius 3 is 2.49 bits per heavy atom. The predicted molar refractivity (Wildman–Crippen MR) is 153 cm³/mol. The molecule has 0 saturated heterocycles. The number of alkyl halides is 3. The third-order valence-corrected chi connectivity index (χ3v) is 11.0. The summed E-state index contributed by atoms with van der Waals surface area (Å²) in [6.45, 7) is 8.74. The SMILES string of the molecule is CC.CC12CCC(=O)C=C1C=CC1C2CCC2(C)C(C/C=C/C(=O)NS(=O)c3ccc(OC(F)(F)F)cc3)CCC12. The fraction of sp³-hybridized carbons (Fsp3) is 0.562. The first-order valence-corrected chi connectivity index (χ1v) is 15.7. The molecule has 2 saturated carbocycles. The van der Waals surface area contributed by atoms with Crippen LogP contribution < -0.4 is 9.46 Å². The molecule has 1 N–H and O–H groups in total. The molecule has 0 radical (unpaired) electrons. The molecule has 224 valence electrons. The second-order valence-electron chi connectivity index (χ2n) is 11.8. The van der Waals surface area contributed by atoms with E-state index in [2.05, 4.69) is 35.5 Å². The first kappa shape index (κ1) is 31.3. The van der Waals surface area contributed by atoms with E-state index in [4.69, 9.17) is 0 Å². The molecule has 7 unspecified atom stereocenters. The van der Waals surface area contributed by atoms with Crippen molar-refractivity contribution >= 4 is 22.7 Å². The molecule has 1 aromatic rings. The normalized spacial score (nSPS) is 33.0. The van der Waals surface area contributed by atoms with Crippen LogP contribution in [0.1, 0.15) is 72.6 Å². The van der Waals surface area contributed by atoms with Crippen molar-refractivity contribution in [2.75, 3.05) is 0 Å². The van der Waals surface area contributed by atoms with Gasteiger partial charge in [-0.3, -0.25) is 14.3 Å². The van der Waals surface area contributed by atoms with Gasteiger partial charge in [-0.05, 0) is 115 Å². The first-order valence-electron chi connectivity index (χ1n) is 14.6. The van der Waals surface area contributed by atoms with Crippen LogP contribution in [0.15, 0.2) is 65.1 Å². The lowest BCUT2D eigenvalue weighted by Crippen LogP contribution is -2.48. The van der Waals surface area contributed by atoms with E-state index in [1.807, 2.05) is 26.0 Å². The first-order chi connectivity index (χ1) is 19.4. The van der Waals surface area contributed by atoms with Crippen molar-refractivity contribution in [3.8, 4) is 5.75 Å². The predicted octanol–water partition coefficient (Wildman–Crippen LogP) is 7.62. The second-order valence-corrected chi connectivity index (χ2v) is 13.1. The lowest BCUT2D eigenvalue weighted by atomic mass is 9.48. The third-order valence-electron chi connectivity index (χ3n) is 9.87. The van der Waals surface area contributed by atoms with Crippen molar-refractivity contribution < 1.29 is 31.7 Å². The molecule has 0 spiro atoms. The maximum atomic E-state index is 12.4. The largest absolute Gasteiger partial charge is 0.573 e. The number of allylic oxidation sites excluding steroid dienone is 5. The summed E-state index contributed by atoms with van der Waals surface area (Å²) in [5, 5.41) is 0. The van der Waals surface area contributed by atoms with Crippen LogP contribution in [0.3, 0.4) is 0 Å². The van der Waals surface area contributed by atoms with Crippen LogP contribution in [0.5, 0.6) is 5.75 Å². The topological polar surface area (TPSA) is 72.5 Å². The second kappa shape index (κ2) is 12.3. The number of ketones is 1. The third kappa shape index (κ3) is 6.55. The average molecular weight is 592 g/mol. The molecule has 2 fully saturated rings. The minimum absolute atomic E-state index is 0.0755. The van der Waals surface area contributed by atoms with Crippen LogP contribution in [0.25, 0.3) is 0 Å². The van der Waals surface area contributed by atoms with Gasteiger partial charge in [0.25, 0.3) is 5.91 Å². The van der Waals surface area contributed by atoms with Crippen LogP contribution in [0.4, 0.5) is 13.2 Å². The number of hydrogen-bond acceptors (Lipinski definition) is 4. The average Bonchev–Trinajstić information content (AvgIpc) is 3.26. The smallest absolute Gasteiger partial charge is 0.406 e. The number of carbonyl (C=O) groups is 2. The van der Waals surface area contributed by atoms with Crippen LogP contribution >= 0.6 is 0 Å². The van der Waals surface area contributed by atoms with Crippen molar-refractivity contribution in [2.24, 2.45) is 34.5 Å². The van der Waals surface area contributed by atoms with Crippen molar-refractivity contribution in [1.29, 1.82) is 0 Å². The number of fused-ring (bicyclic) bond motifs is 5. The maximum absolute atomic E-state index is 12.4. The Labute approximate surface area is 243 Å². The highest BCUT2D eigenvalue weighted by molar-refractivity contribution is 7.83. The minimum atomic E-state index is -4.81. The molecular formula is C32H40F3NO4S. The monoisotopic (exact) mass is 591 g/mol. The zero-order chi connectivity index (χ0) is 30.0. The lowest BCUT2D eigenvalue weighted by Gasteiger charge is -2.56. The Bertz CT molecular complexity index is 1250. The molecule has 5 rings (SSSR count). The number of nitrogens with one attached hydrogen (secondary N) is 1. The summed E-state index contributed by atoms with van der Waals surface area (Å²) in [5.74, 6) is 1.39. The van der Waals surface area contributed by atoms with Crippen molar-refractivity contribution in [1.82, 2.24) is 4.72 Å². The van der Waals surface area contributed by atoms with E-state index in [1.165, 1.54) is 23.8 Å². The molecule has 41 heavy (non-hydrogen) atoms. The van der Waals surface area contributed by atoms with Crippen LogP contribution in [0, 0.1) is 34.5 Å². The molecule has 4 aliphatic rings. The van der Waals surface area contributed by atoms with Gasteiger partial charge in [-0.25, -0.2) is 4.21 Å². The van der Waals surface area contributed by atoms with Crippen LogP contribution in [-0.2, 0) is 20.6 Å². The molecule has 1 amide bonds. The van der Waals surface area contributed by atoms with Crippen LogP contribution in [-0.4, -0.2) is 22.3 Å². The Morgan fingerprint density at radius 2 is 1.80 bits per heavy atom. The van der Waals surface area contributed by atoms with Crippen molar-refractivity contribution in [2.45, 2.75) is 83.9 Å². The summed E-state index contributed by atoms with van der Waals surface area (Å²) in [6, 6.07) is 4.56.